The minimum Gasteiger partial charge on any atom is -0.321 e. The third kappa shape index (κ3) is 2.49. The third-order valence-electron chi connectivity index (χ3n) is 1.48. The van der Waals surface area contributed by atoms with E-state index >= 15 is 0 Å². The van der Waals surface area contributed by atoms with Crippen molar-refractivity contribution in [3.05, 3.63) is 31.2 Å². The molecule has 0 aromatic carbocycles. The van der Waals surface area contributed by atoms with E-state index in [4.69, 9.17) is 0 Å². The van der Waals surface area contributed by atoms with Crippen LogP contribution in [0, 0.1) is 3.57 Å². The number of pyridine rings is 1. The van der Waals surface area contributed by atoms with Gasteiger partial charge in [-0.2, -0.15) is 0 Å². The van der Waals surface area contributed by atoms with E-state index < -0.39 is 12.0 Å². The van der Waals surface area contributed by atoms with E-state index in [0.29, 0.717) is 14.5 Å². The average Bonchev–Trinajstić information content (AvgIpc) is 2.02. The van der Waals surface area contributed by atoms with Crippen LogP contribution in [0.25, 0.3) is 0 Å². The van der Waals surface area contributed by atoms with Gasteiger partial charge in [0.1, 0.15) is 0 Å². The number of nitrogens with one attached hydrogen (secondary N) is 1. The maximum Gasteiger partial charge on any atom is 0.278 e. The Morgan fingerprint density at radius 2 is 2.23 bits per heavy atom. The summed E-state index contributed by atoms with van der Waals surface area (Å²) < 4.78 is 25.3. The Bertz CT molecular complexity index is 366. The van der Waals surface area contributed by atoms with Crippen molar-refractivity contribution in [1.82, 2.24) is 4.98 Å². The van der Waals surface area contributed by atoms with Gasteiger partial charge in [0, 0.05) is 20.5 Å². The molecule has 0 saturated carbocycles. The Kier molecular flexibility index (Phi) is 3.84. The lowest BCUT2D eigenvalue weighted by Crippen LogP contribution is -2.12. The van der Waals surface area contributed by atoms with Crippen LogP contribution < -0.4 is 5.56 Å². The lowest BCUT2D eigenvalue weighted by atomic mass is 10.2. The van der Waals surface area contributed by atoms with E-state index in [-0.39, 0.29) is 5.69 Å². The van der Waals surface area contributed by atoms with Crippen LogP contribution in [-0.2, 0) is 5.33 Å². The lowest BCUT2D eigenvalue weighted by Gasteiger charge is -2.07. The number of aromatic nitrogens is 1. The molecule has 0 spiro atoms. The molecule has 1 aromatic rings. The van der Waals surface area contributed by atoms with Crippen LogP contribution in [0.5, 0.6) is 0 Å². The van der Waals surface area contributed by atoms with Gasteiger partial charge in [0.2, 0.25) is 5.56 Å². The smallest absolute Gasteiger partial charge is 0.278 e. The van der Waals surface area contributed by atoms with E-state index in [9.17, 15) is 13.6 Å². The summed E-state index contributed by atoms with van der Waals surface area (Å²) in [6.07, 6.45) is -2.64. The normalized spacial score (nSPS) is 10.8. The molecule has 1 N–H and O–H groups in total. The molecule has 0 unspecified atom stereocenters. The third-order valence-corrected chi connectivity index (χ3v) is 3.00. The molecule has 0 atom stereocenters. The van der Waals surface area contributed by atoms with Crippen molar-refractivity contribution in [2.24, 2.45) is 0 Å². The van der Waals surface area contributed by atoms with Gasteiger partial charge in [0.15, 0.2) is 0 Å². The van der Waals surface area contributed by atoms with E-state index in [1.807, 2.05) is 22.6 Å². The second kappa shape index (κ2) is 4.50. The largest absolute Gasteiger partial charge is 0.321 e. The summed E-state index contributed by atoms with van der Waals surface area (Å²) in [6.45, 7) is 0. The van der Waals surface area contributed by atoms with Gasteiger partial charge in [-0.3, -0.25) is 4.79 Å². The first-order chi connectivity index (χ1) is 6.06. The molecule has 0 aliphatic carbocycles. The quantitative estimate of drug-likeness (QED) is 0.636. The molecule has 13 heavy (non-hydrogen) atoms. The molecule has 0 radical (unpaired) electrons. The summed E-state index contributed by atoms with van der Waals surface area (Å²) >= 11 is 4.95. The van der Waals surface area contributed by atoms with Gasteiger partial charge in [0.25, 0.3) is 6.43 Å². The van der Waals surface area contributed by atoms with Crippen molar-refractivity contribution in [3.8, 4) is 0 Å². The van der Waals surface area contributed by atoms with Crippen molar-refractivity contribution in [2.45, 2.75) is 11.8 Å². The van der Waals surface area contributed by atoms with Crippen LogP contribution in [0.15, 0.2) is 10.9 Å². The number of H-pyrrole nitrogens is 1. The van der Waals surface area contributed by atoms with Crippen LogP contribution in [0.4, 0.5) is 8.78 Å². The highest BCUT2D eigenvalue weighted by Gasteiger charge is 2.15. The molecule has 0 amide bonds. The number of aromatic amines is 1. The van der Waals surface area contributed by atoms with Crippen LogP contribution in [0.1, 0.15) is 17.7 Å². The lowest BCUT2D eigenvalue weighted by molar-refractivity contribution is 0.144. The van der Waals surface area contributed by atoms with E-state index in [1.165, 1.54) is 6.07 Å². The Morgan fingerprint density at radius 3 is 2.69 bits per heavy atom. The molecular weight excluding hydrogens is 359 g/mol. The molecule has 0 fully saturated rings. The zero-order chi connectivity index (χ0) is 10.0. The molecule has 1 heterocycles. The summed E-state index contributed by atoms with van der Waals surface area (Å²) in [4.78, 5) is 13.0. The Labute approximate surface area is 95.0 Å². The van der Waals surface area contributed by atoms with Crippen molar-refractivity contribution in [2.75, 3.05) is 0 Å². The fourth-order valence-electron chi connectivity index (χ4n) is 0.897. The van der Waals surface area contributed by atoms with Gasteiger partial charge in [-0.05, 0) is 22.6 Å². The Hall–Kier alpha value is 0.0200. The first-order valence-electron chi connectivity index (χ1n) is 3.32. The SMILES string of the molecule is O=c1cc(I)c(CBr)c(C(F)F)[nH]1. The molecular formula is C7H5BrF2INO. The van der Waals surface area contributed by atoms with E-state index in [1.54, 1.807) is 0 Å². The molecule has 0 aliphatic heterocycles. The van der Waals surface area contributed by atoms with Crippen LogP contribution >= 0.6 is 38.5 Å². The fourth-order valence-corrected chi connectivity index (χ4v) is 2.79. The van der Waals surface area contributed by atoms with E-state index in [0.717, 1.165) is 0 Å². The summed E-state index contributed by atoms with van der Waals surface area (Å²) in [7, 11) is 0. The van der Waals surface area contributed by atoms with Crippen LogP contribution in [0.2, 0.25) is 0 Å². The summed E-state index contributed by atoms with van der Waals surface area (Å²) in [5.41, 5.74) is -0.353. The predicted octanol–water partition coefficient (Wildman–Crippen LogP) is 2.81. The number of rotatable bonds is 2. The monoisotopic (exact) mass is 363 g/mol. The second-order valence-electron chi connectivity index (χ2n) is 2.31. The summed E-state index contributed by atoms with van der Waals surface area (Å²) in [5.74, 6) is 0. The molecule has 72 valence electrons. The van der Waals surface area contributed by atoms with E-state index in [2.05, 4.69) is 20.9 Å². The summed E-state index contributed by atoms with van der Waals surface area (Å²) in [6, 6.07) is 1.29. The van der Waals surface area contributed by atoms with Gasteiger partial charge in [0.05, 0.1) is 5.69 Å². The van der Waals surface area contributed by atoms with Crippen molar-refractivity contribution >= 4 is 38.5 Å². The maximum atomic E-state index is 12.4. The van der Waals surface area contributed by atoms with Crippen molar-refractivity contribution in [1.29, 1.82) is 0 Å². The number of alkyl halides is 3. The zero-order valence-electron chi connectivity index (χ0n) is 6.28. The minimum atomic E-state index is -2.64. The van der Waals surface area contributed by atoms with Gasteiger partial charge < -0.3 is 4.98 Å². The first kappa shape index (κ1) is 11.1. The molecule has 0 saturated heterocycles. The number of hydrogen-bond donors (Lipinski definition) is 1. The highest BCUT2D eigenvalue weighted by molar-refractivity contribution is 14.1. The maximum absolute atomic E-state index is 12.4. The van der Waals surface area contributed by atoms with Crippen LogP contribution in [0.3, 0.4) is 0 Å². The van der Waals surface area contributed by atoms with Crippen molar-refractivity contribution < 1.29 is 8.78 Å². The Balaban J connectivity index is 3.38. The first-order valence-corrected chi connectivity index (χ1v) is 5.52. The average molecular weight is 364 g/mol. The molecule has 1 aromatic heterocycles. The summed E-state index contributed by atoms with van der Waals surface area (Å²) in [5, 5.41) is 0.307. The minimum absolute atomic E-state index is 0.297. The Morgan fingerprint density at radius 1 is 1.62 bits per heavy atom. The highest BCUT2D eigenvalue weighted by Crippen LogP contribution is 2.24. The molecule has 2 nitrogen and oxygen atoms in total. The molecule has 1 rings (SSSR count). The fraction of sp³-hybridized carbons (Fsp3) is 0.286. The molecule has 0 bridgehead atoms. The molecule has 6 heteroatoms. The van der Waals surface area contributed by atoms with Gasteiger partial charge >= 0.3 is 0 Å². The van der Waals surface area contributed by atoms with Gasteiger partial charge in [-0.15, -0.1) is 0 Å². The van der Waals surface area contributed by atoms with Gasteiger partial charge in [-0.25, -0.2) is 8.78 Å². The van der Waals surface area contributed by atoms with Crippen LogP contribution in [-0.4, -0.2) is 4.98 Å². The van der Waals surface area contributed by atoms with Crippen molar-refractivity contribution in [3.63, 3.8) is 0 Å². The zero-order valence-corrected chi connectivity index (χ0v) is 10.0. The van der Waals surface area contributed by atoms with Gasteiger partial charge in [-0.1, -0.05) is 15.9 Å². The topological polar surface area (TPSA) is 32.9 Å². The molecule has 0 aliphatic rings. The number of hydrogen-bond acceptors (Lipinski definition) is 1. The standard InChI is InChI=1S/C7H5BrF2INO/c8-2-3-4(11)1-5(13)12-6(3)7(9)10/h1,7H,2H2,(H,12,13). The predicted molar refractivity (Wildman–Crippen MR) is 57.4 cm³/mol. The highest BCUT2D eigenvalue weighted by atomic mass is 127. The second-order valence-corrected chi connectivity index (χ2v) is 4.03. The number of halogens is 4.